The van der Waals surface area contributed by atoms with Crippen LogP contribution in [0.3, 0.4) is 0 Å². The smallest absolute Gasteiger partial charge is 0.122 e. The predicted octanol–water partition coefficient (Wildman–Crippen LogP) is 2.27. The number of aromatic amines is 1. The lowest BCUT2D eigenvalue weighted by molar-refractivity contribution is 0.357. The molecule has 0 aliphatic carbocycles. The third-order valence-corrected chi connectivity index (χ3v) is 3.11. The third kappa shape index (κ3) is 1.98. The zero-order valence-corrected chi connectivity index (χ0v) is 9.79. The van der Waals surface area contributed by atoms with Gasteiger partial charge in [-0.25, -0.2) is 0 Å². The van der Waals surface area contributed by atoms with Crippen molar-refractivity contribution in [1.82, 2.24) is 10.2 Å². The molecule has 1 aliphatic rings. The molecule has 1 aromatic carbocycles. The zero-order valence-electron chi connectivity index (χ0n) is 9.79. The van der Waals surface area contributed by atoms with Crippen molar-refractivity contribution in [2.45, 2.75) is 19.9 Å². The molecule has 0 saturated carbocycles. The van der Waals surface area contributed by atoms with Gasteiger partial charge in [0.05, 0.1) is 12.8 Å². The van der Waals surface area contributed by atoms with Crippen LogP contribution in [0.15, 0.2) is 24.4 Å². The predicted molar refractivity (Wildman–Crippen MR) is 66.3 cm³/mol. The molecule has 1 aliphatic heterocycles. The summed E-state index contributed by atoms with van der Waals surface area (Å²) < 4.78 is 5.48. The fraction of sp³-hybridized carbons (Fsp3) is 0.308. The van der Waals surface area contributed by atoms with Crippen LogP contribution >= 0.6 is 0 Å². The first-order chi connectivity index (χ1) is 8.33. The molecule has 4 heteroatoms. The molecule has 2 heterocycles. The van der Waals surface area contributed by atoms with E-state index in [4.69, 9.17) is 4.74 Å². The minimum Gasteiger partial charge on any atom is -0.493 e. The average molecular weight is 229 g/mol. The van der Waals surface area contributed by atoms with E-state index in [1.54, 1.807) is 0 Å². The number of fused-ring (bicyclic) bond motifs is 1. The Bertz CT molecular complexity index is 533. The van der Waals surface area contributed by atoms with Crippen LogP contribution in [0, 0.1) is 6.92 Å². The molecular formula is C13H15N3O. The van der Waals surface area contributed by atoms with Gasteiger partial charge in [-0.2, -0.15) is 5.10 Å². The van der Waals surface area contributed by atoms with Gasteiger partial charge in [0, 0.05) is 29.9 Å². The topological polar surface area (TPSA) is 49.9 Å². The van der Waals surface area contributed by atoms with E-state index in [-0.39, 0.29) is 0 Å². The van der Waals surface area contributed by atoms with Crippen molar-refractivity contribution >= 4 is 5.69 Å². The number of benzene rings is 1. The third-order valence-electron chi connectivity index (χ3n) is 3.11. The van der Waals surface area contributed by atoms with E-state index in [2.05, 4.69) is 27.6 Å². The number of aryl methyl sites for hydroxylation is 1. The second-order valence-corrected chi connectivity index (χ2v) is 4.29. The lowest BCUT2D eigenvalue weighted by atomic mass is 10.1. The molecule has 0 atom stereocenters. The zero-order chi connectivity index (χ0) is 11.7. The lowest BCUT2D eigenvalue weighted by Crippen LogP contribution is -2.00. The second kappa shape index (κ2) is 4.13. The summed E-state index contributed by atoms with van der Waals surface area (Å²) in [6, 6.07) is 6.25. The summed E-state index contributed by atoms with van der Waals surface area (Å²) in [6.07, 6.45) is 2.87. The van der Waals surface area contributed by atoms with Gasteiger partial charge in [0.25, 0.3) is 0 Å². The Kier molecular flexibility index (Phi) is 2.48. The molecule has 3 rings (SSSR count). The summed E-state index contributed by atoms with van der Waals surface area (Å²) in [5.74, 6) is 1.02. The van der Waals surface area contributed by atoms with Crippen molar-refractivity contribution < 1.29 is 4.74 Å². The summed E-state index contributed by atoms with van der Waals surface area (Å²) in [7, 11) is 0. The number of nitrogens with one attached hydrogen (secondary N) is 2. The number of anilines is 1. The van der Waals surface area contributed by atoms with Crippen molar-refractivity contribution in [2.24, 2.45) is 0 Å². The van der Waals surface area contributed by atoms with Gasteiger partial charge in [-0.05, 0) is 30.7 Å². The van der Waals surface area contributed by atoms with Crippen molar-refractivity contribution in [3.8, 4) is 5.75 Å². The molecule has 2 aromatic rings. The normalized spacial score (nSPS) is 13.2. The Labute approximate surface area is 100 Å². The van der Waals surface area contributed by atoms with Crippen LogP contribution in [-0.2, 0) is 13.0 Å². The number of aromatic nitrogens is 2. The highest BCUT2D eigenvalue weighted by molar-refractivity contribution is 5.52. The Hall–Kier alpha value is -1.97. The van der Waals surface area contributed by atoms with E-state index in [0.29, 0.717) is 0 Å². The van der Waals surface area contributed by atoms with Gasteiger partial charge in [0.1, 0.15) is 5.75 Å². The summed E-state index contributed by atoms with van der Waals surface area (Å²) in [4.78, 5) is 0. The Morgan fingerprint density at radius 1 is 1.47 bits per heavy atom. The molecule has 0 unspecified atom stereocenters. The lowest BCUT2D eigenvalue weighted by Gasteiger charge is -2.07. The molecule has 17 heavy (non-hydrogen) atoms. The van der Waals surface area contributed by atoms with Gasteiger partial charge in [0.15, 0.2) is 0 Å². The van der Waals surface area contributed by atoms with Crippen molar-refractivity contribution in [3.63, 3.8) is 0 Å². The summed E-state index contributed by atoms with van der Waals surface area (Å²) >= 11 is 0. The van der Waals surface area contributed by atoms with Crippen molar-refractivity contribution in [1.29, 1.82) is 0 Å². The Morgan fingerprint density at radius 2 is 2.41 bits per heavy atom. The standard InChI is InChI=1S/C13H15N3O/c1-9-11(8-15-16-9)7-14-12-2-3-13-10(6-12)4-5-17-13/h2-3,6,8,14H,4-5,7H2,1H3,(H,15,16). The summed E-state index contributed by atoms with van der Waals surface area (Å²) in [5, 5.41) is 10.3. The van der Waals surface area contributed by atoms with E-state index >= 15 is 0 Å². The van der Waals surface area contributed by atoms with Crippen LogP contribution in [-0.4, -0.2) is 16.8 Å². The van der Waals surface area contributed by atoms with E-state index in [1.807, 2.05) is 19.2 Å². The van der Waals surface area contributed by atoms with Crippen LogP contribution in [0.25, 0.3) is 0 Å². The molecule has 0 amide bonds. The quantitative estimate of drug-likeness (QED) is 0.848. The van der Waals surface area contributed by atoms with E-state index in [1.165, 1.54) is 11.1 Å². The maximum absolute atomic E-state index is 5.48. The van der Waals surface area contributed by atoms with Gasteiger partial charge < -0.3 is 10.1 Å². The van der Waals surface area contributed by atoms with Gasteiger partial charge in [0.2, 0.25) is 0 Å². The molecule has 0 fully saturated rings. The van der Waals surface area contributed by atoms with E-state index in [0.717, 1.165) is 36.7 Å². The van der Waals surface area contributed by atoms with E-state index in [9.17, 15) is 0 Å². The van der Waals surface area contributed by atoms with Crippen LogP contribution in [0.2, 0.25) is 0 Å². The minimum absolute atomic E-state index is 0.794. The second-order valence-electron chi connectivity index (χ2n) is 4.29. The number of rotatable bonds is 3. The molecule has 4 nitrogen and oxygen atoms in total. The molecule has 0 spiro atoms. The first-order valence-electron chi connectivity index (χ1n) is 5.81. The fourth-order valence-electron chi connectivity index (χ4n) is 2.05. The largest absolute Gasteiger partial charge is 0.493 e. The van der Waals surface area contributed by atoms with Crippen LogP contribution in [0.4, 0.5) is 5.69 Å². The Balaban J connectivity index is 1.72. The highest BCUT2D eigenvalue weighted by Crippen LogP contribution is 2.28. The highest BCUT2D eigenvalue weighted by atomic mass is 16.5. The number of hydrogen-bond donors (Lipinski definition) is 2. The first kappa shape index (κ1) is 10.2. The van der Waals surface area contributed by atoms with Gasteiger partial charge in [-0.1, -0.05) is 0 Å². The number of H-pyrrole nitrogens is 1. The SMILES string of the molecule is Cc1[nH]ncc1CNc1ccc2c(c1)CCO2. The van der Waals surface area contributed by atoms with Crippen LogP contribution < -0.4 is 10.1 Å². The Morgan fingerprint density at radius 3 is 3.24 bits per heavy atom. The van der Waals surface area contributed by atoms with Gasteiger partial charge in [-0.3, -0.25) is 5.10 Å². The molecule has 0 radical (unpaired) electrons. The number of hydrogen-bond acceptors (Lipinski definition) is 3. The van der Waals surface area contributed by atoms with Gasteiger partial charge >= 0.3 is 0 Å². The average Bonchev–Trinajstić information content (AvgIpc) is 2.94. The van der Waals surface area contributed by atoms with Gasteiger partial charge in [-0.15, -0.1) is 0 Å². The maximum atomic E-state index is 5.48. The van der Waals surface area contributed by atoms with Crippen molar-refractivity contribution in [2.75, 3.05) is 11.9 Å². The molecule has 88 valence electrons. The minimum atomic E-state index is 0.794. The number of ether oxygens (including phenoxy) is 1. The summed E-state index contributed by atoms with van der Waals surface area (Å²) in [5.41, 5.74) is 4.73. The first-order valence-corrected chi connectivity index (χ1v) is 5.81. The fourth-order valence-corrected chi connectivity index (χ4v) is 2.05. The summed E-state index contributed by atoms with van der Waals surface area (Å²) in [6.45, 7) is 3.63. The molecule has 2 N–H and O–H groups in total. The molecule has 0 bridgehead atoms. The number of nitrogens with zero attached hydrogens (tertiary/aromatic N) is 1. The van der Waals surface area contributed by atoms with E-state index < -0.39 is 0 Å². The molecule has 0 saturated heterocycles. The van der Waals surface area contributed by atoms with Crippen LogP contribution in [0.1, 0.15) is 16.8 Å². The highest BCUT2D eigenvalue weighted by Gasteiger charge is 2.11. The molecular weight excluding hydrogens is 214 g/mol. The van der Waals surface area contributed by atoms with Crippen molar-refractivity contribution in [3.05, 3.63) is 41.2 Å². The molecule has 1 aromatic heterocycles. The maximum Gasteiger partial charge on any atom is 0.122 e. The van der Waals surface area contributed by atoms with Crippen LogP contribution in [0.5, 0.6) is 5.75 Å². The monoisotopic (exact) mass is 229 g/mol.